The van der Waals surface area contributed by atoms with E-state index in [1.165, 1.54) is 5.56 Å². The highest BCUT2D eigenvalue weighted by atomic mass is 16.5. The molecule has 102 valence electrons. The number of hydrogen-bond acceptors (Lipinski definition) is 3. The summed E-state index contributed by atoms with van der Waals surface area (Å²) in [5.41, 5.74) is 1.25. The van der Waals surface area contributed by atoms with Crippen molar-refractivity contribution in [3.05, 3.63) is 29.8 Å². The average molecular weight is 251 g/mol. The van der Waals surface area contributed by atoms with Gasteiger partial charge in [-0.1, -0.05) is 39.0 Å². The number of para-hydroxylation sites is 1. The van der Waals surface area contributed by atoms with Crippen molar-refractivity contribution in [2.24, 2.45) is 0 Å². The lowest BCUT2D eigenvalue weighted by Gasteiger charge is -2.19. The summed E-state index contributed by atoms with van der Waals surface area (Å²) in [6.45, 7) is 8.66. The van der Waals surface area contributed by atoms with Crippen LogP contribution in [0.1, 0.15) is 32.3 Å². The number of benzene rings is 1. The van der Waals surface area contributed by atoms with Crippen LogP contribution < -0.4 is 10.1 Å². The molecule has 0 amide bonds. The van der Waals surface area contributed by atoms with Crippen LogP contribution in [-0.4, -0.2) is 32.9 Å². The fraction of sp³-hybridized carbons (Fsp3) is 0.600. The number of ether oxygens (including phenoxy) is 2. The predicted octanol–water partition coefficient (Wildman–Crippen LogP) is 2.81. The Morgan fingerprint density at radius 3 is 2.50 bits per heavy atom. The van der Waals surface area contributed by atoms with Gasteiger partial charge in [0.05, 0.1) is 12.6 Å². The van der Waals surface area contributed by atoms with Crippen molar-refractivity contribution in [1.82, 2.24) is 5.32 Å². The summed E-state index contributed by atoms with van der Waals surface area (Å²) in [6.07, 6.45) is 0. The fourth-order valence-electron chi connectivity index (χ4n) is 1.94. The Labute approximate surface area is 110 Å². The molecule has 1 unspecified atom stereocenters. The number of likely N-dealkylation sites (N-methyl/N-ethyl adjacent to an activating group) is 1. The summed E-state index contributed by atoms with van der Waals surface area (Å²) in [6, 6.07) is 8.46. The van der Waals surface area contributed by atoms with Gasteiger partial charge in [-0.05, 0) is 24.1 Å². The van der Waals surface area contributed by atoms with Gasteiger partial charge in [-0.3, -0.25) is 0 Å². The van der Waals surface area contributed by atoms with Crippen LogP contribution in [0.5, 0.6) is 5.75 Å². The maximum Gasteiger partial charge on any atom is 0.122 e. The molecule has 0 aromatic heterocycles. The highest BCUT2D eigenvalue weighted by molar-refractivity contribution is 5.35. The second-order valence-electron chi connectivity index (χ2n) is 4.71. The van der Waals surface area contributed by atoms with E-state index in [0.29, 0.717) is 19.1 Å². The highest BCUT2D eigenvalue weighted by Gasteiger charge is 2.11. The Kier molecular flexibility index (Phi) is 6.76. The summed E-state index contributed by atoms with van der Waals surface area (Å²) in [5.74, 6) is 1.45. The van der Waals surface area contributed by atoms with Gasteiger partial charge in [-0.25, -0.2) is 0 Å². The number of methoxy groups -OCH3 is 1. The molecule has 0 aliphatic carbocycles. The summed E-state index contributed by atoms with van der Waals surface area (Å²) >= 11 is 0. The van der Waals surface area contributed by atoms with Crippen molar-refractivity contribution < 1.29 is 9.47 Å². The van der Waals surface area contributed by atoms with Gasteiger partial charge < -0.3 is 14.8 Å². The van der Waals surface area contributed by atoms with Crippen LogP contribution in [0.25, 0.3) is 0 Å². The SMILES string of the molecule is CCNC(COC)COc1ccccc1C(C)C. The topological polar surface area (TPSA) is 30.5 Å². The first-order valence-electron chi connectivity index (χ1n) is 6.63. The van der Waals surface area contributed by atoms with Crippen LogP contribution in [0, 0.1) is 0 Å². The van der Waals surface area contributed by atoms with E-state index in [9.17, 15) is 0 Å². The summed E-state index contributed by atoms with van der Waals surface area (Å²) < 4.78 is 11.1. The van der Waals surface area contributed by atoms with Crippen molar-refractivity contribution in [2.45, 2.75) is 32.7 Å². The third-order valence-corrected chi connectivity index (χ3v) is 2.84. The van der Waals surface area contributed by atoms with Crippen molar-refractivity contribution in [1.29, 1.82) is 0 Å². The van der Waals surface area contributed by atoms with Crippen molar-refractivity contribution in [2.75, 3.05) is 26.9 Å². The molecule has 1 N–H and O–H groups in total. The second-order valence-corrected chi connectivity index (χ2v) is 4.71. The van der Waals surface area contributed by atoms with Crippen LogP contribution in [0.3, 0.4) is 0 Å². The molecule has 1 aromatic rings. The summed E-state index contributed by atoms with van der Waals surface area (Å²) in [4.78, 5) is 0. The van der Waals surface area contributed by atoms with Crippen LogP contribution in [-0.2, 0) is 4.74 Å². The zero-order valence-electron chi connectivity index (χ0n) is 11.9. The van der Waals surface area contributed by atoms with Crippen molar-refractivity contribution in [3.8, 4) is 5.75 Å². The molecule has 0 fully saturated rings. The quantitative estimate of drug-likeness (QED) is 0.770. The number of hydrogen-bond donors (Lipinski definition) is 1. The molecule has 3 nitrogen and oxygen atoms in total. The van der Waals surface area contributed by atoms with E-state index in [-0.39, 0.29) is 6.04 Å². The summed E-state index contributed by atoms with van der Waals surface area (Å²) in [5, 5.41) is 3.35. The maximum absolute atomic E-state index is 5.92. The molecule has 0 heterocycles. The molecule has 1 rings (SSSR count). The number of rotatable bonds is 8. The molecular formula is C15H25NO2. The normalized spacial score (nSPS) is 12.7. The standard InChI is InChI=1S/C15H25NO2/c1-5-16-13(10-17-4)11-18-15-9-7-6-8-14(15)12(2)3/h6-9,12-13,16H,5,10-11H2,1-4H3. The van der Waals surface area contributed by atoms with E-state index in [1.807, 2.05) is 12.1 Å². The average Bonchev–Trinajstić information content (AvgIpc) is 2.36. The molecule has 0 aliphatic rings. The van der Waals surface area contributed by atoms with E-state index in [1.54, 1.807) is 7.11 Å². The fourth-order valence-corrected chi connectivity index (χ4v) is 1.94. The lowest BCUT2D eigenvalue weighted by Crippen LogP contribution is -2.38. The smallest absolute Gasteiger partial charge is 0.122 e. The van der Waals surface area contributed by atoms with Gasteiger partial charge in [0, 0.05) is 7.11 Å². The Hall–Kier alpha value is -1.06. The van der Waals surface area contributed by atoms with E-state index in [0.717, 1.165) is 12.3 Å². The Bertz CT molecular complexity index is 333. The molecule has 0 spiro atoms. The molecule has 0 saturated carbocycles. The zero-order valence-corrected chi connectivity index (χ0v) is 11.9. The van der Waals surface area contributed by atoms with Crippen LogP contribution >= 0.6 is 0 Å². The molecule has 3 heteroatoms. The lowest BCUT2D eigenvalue weighted by molar-refractivity contribution is 0.136. The third kappa shape index (κ3) is 4.67. The molecule has 0 bridgehead atoms. The Morgan fingerprint density at radius 1 is 1.17 bits per heavy atom. The molecule has 0 saturated heterocycles. The minimum absolute atomic E-state index is 0.236. The van der Waals surface area contributed by atoms with E-state index in [2.05, 4.69) is 38.2 Å². The van der Waals surface area contributed by atoms with Gasteiger partial charge in [0.2, 0.25) is 0 Å². The van der Waals surface area contributed by atoms with Crippen LogP contribution in [0.2, 0.25) is 0 Å². The van der Waals surface area contributed by atoms with Crippen LogP contribution in [0.4, 0.5) is 0 Å². The van der Waals surface area contributed by atoms with Gasteiger partial charge in [0.1, 0.15) is 12.4 Å². The second kappa shape index (κ2) is 8.11. The van der Waals surface area contributed by atoms with Crippen LogP contribution in [0.15, 0.2) is 24.3 Å². The minimum atomic E-state index is 0.236. The van der Waals surface area contributed by atoms with Crippen molar-refractivity contribution in [3.63, 3.8) is 0 Å². The maximum atomic E-state index is 5.92. The van der Waals surface area contributed by atoms with Gasteiger partial charge >= 0.3 is 0 Å². The first-order valence-corrected chi connectivity index (χ1v) is 6.63. The molecule has 0 aliphatic heterocycles. The first-order chi connectivity index (χ1) is 8.69. The zero-order chi connectivity index (χ0) is 13.4. The van der Waals surface area contributed by atoms with Crippen molar-refractivity contribution >= 4 is 0 Å². The molecule has 0 radical (unpaired) electrons. The monoisotopic (exact) mass is 251 g/mol. The van der Waals surface area contributed by atoms with Gasteiger partial charge in [-0.15, -0.1) is 0 Å². The first kappa shape index (κ1) is 15.0. The number of nitrogens with one attached hydrogen (secondary N) is 1. The molecular weight excluding hydrogens is 226 g/mol. The Balaban J connectivity index is 2.61. The van der Waals surface area contributed by atoms with Gasteiger partial charge in [-0.2, -0.15) is 0 Å². The van der Waals surface area contributed by atoms with E-state index in [4.69, 9.17) is 9.47 Å². The minimum Gasteiger partial charge on any atom is -0.492 e. The summed E-state index contributed by atoms with van der Waals surface area (Å²) in [7, 11) is 1.71. The van der Waals surface area contributed by atoms with Gasteiger partial charge in [0.25, 0.3) is 0 Å². The largest absolute Gasteiger partial charge is 0.492 e. The predicted molar refractivity (Wildman–Crippen MR) is 75.4 cm³/mol. The Morgan fingerprint density at radius 2 is 1.89 bits per heavy atom. The molecule has 1 aromatic carbocycles. The van der Waals surface area contributed by atoms with E-state index < -0.39 is 0 Å². The third-order valence-electron chi connectivity index (χ3n) is 2.84. The molecule has 1 atom stereocenters. The van der Waals surface area contributed by atoms with E-state index >= 15 is 0 Å². The highest BCUT2D eigenvalue weighted by Crippen LogP contribution is 2.25. The van der Waals surface area contributed by atoms with Gasteiger partial charge in [0.15, 0.2) is 0 Å². The lowest BCUT2D eigenvalue weighted by atomic mass is 10.0. The molecule has 18 heavy (non-hydrogen) atoms.